The minimum Gasteiger partial charge on any atom is -0.305 e. The summed E-state index contributed by atoms with van der Waals surface area (Å²) in [5, 5.41) is 0. The molecule has 0 rings (SSSR count). The van der Waals surface area contributed by atoms with Crippen LogP contribution in [0.4, 0.5) is 0 Å². The van der Waals surface area contributed by atoms with Crippen molar-refractivity contribution in [3.05, 3.63) is 6.92 Å². The lowest BCUT2D eigenvalue weighted by molar-refractivity contribution is 0.222. The maximum atomic E-state index is 4.08. The number of rotatable bonds is 5. The van der Waals surface area contributed by atoms with Crippen LogP contribution in [0.1, 0.15) is 13.8 Å². The Morgan fingerprint density at radius 3 is 2.09 bits per heavy atom. The van der Waals surface area contributed by atoms with Crippen LogP contribution in [0, 0.1) is 6.92 Å². The van der Waals surface area contributed by atoms with E-state index in [0.29, 0.717) is 6.04 Å². The minimum absolute atomic E-state index is 0.421. The normalized spacial score (nSPS) is 14.5. The van der Waals surface area contributed by atoms with Gasteiger partial charge in [-0.3, -0.25) is 0 Å². The molecule has 0 N–H and O–H groups in total. The molecule has 0 fully saturated rings. The first kappa shape index (κ1) is 10.9. The average Bonchev–Trinajstić information content (AvgIpc) is 2.02. The summed E-state index contributed by atoms with van der Waals surface area (Å²) >= 11 is 0. The first-order chi connectivity index (χ1) is 5.11. The topological polar surface area (TPSA) is 6.48 Å². The van der Waals surface area contributed by atoms with Crippen LogP contribution in [0.5, 0.6) is 0 Å². The van der Waals surface area contributed by atoms with Gasteiger partial charge in [-0.25, -0.2) is 0 Å². The Morgan fingerprint density at radius 2 is 1.73 bits per heavy atom. The predicted molar refractivity (Wildman–Crippen MR) is 50.6 cm³/mol. The van der Waals surface area contributed by atoms with Crippen molar-refractivity contribution < 1.29 is 0 Å². The predicted octanol–water partition coefficient (Wildman–Crippen LogP) is 1.09. The first-order valence-corrected chi connectivity index (χ1v) is 4.33. The van der Waals surface area contributed by atoms with Gasteiger partial charge in [0.1, 0.15) is 0 Å². The second-order valence-electron chi connectivity index (χ2n) is 3.08. The second-order valence-corrected chi connectivity index (χ2v) is 3.08. The van der Waals surface area contributed by atoms with Crippen molar-refractivity contribution in [1.82, 2.24) is 9.80 Å². The van der Waals surface area contributed by atoms with E-state index in [0.717, 1.165) is 19.6 Å². The second kappa shape index (κ2) is 5.56. The van der Waals surface area contributed by atoms with E-state index in [-0.39, 0.29) is 0 Å². The summed E-state index contributed by atoms with van der Waals surface area (Å²) < 4.78 is 0. The van der Waals surface area contributed by atoms with Gasteiger partial charge in [0.25, 0.3) is 0 Å². The third kappa shape index (κ3) is 4.38. The smallest absolute Gasteiger partial charge is 0.0220 e. The summed E-state index contributed by atoms with van der Waals surface area (Å²) in [5.74, 6) is 0. The number of hydrogen-bond acceptors (Lipinski definition) is 2. The Hall–Kier alpha value is -0.0800. The van der Waals surface area contributed by atoms with Gasteiger partial charge in [-0.05, 0) is 34.1 Å². The van der Waals surface area contributed by atoms with Crippen molar-refractivity contribution in [1.29, 1.82) is 0 Å². The molecule has 0 saturated carbocycles. The Morgan fingerprint density at radius 1 is 1.18 bits per heavy atom. The van der Waals surface area contributed by atoms with Crippen molar-refractivity contribution in [3.8, 4) is 0 Å². The molecule has 2 heteroatoms. The molecule has 1 unspecified atom stereocenters. The summed E-state index contributed by atoms with van der Waals surface area (Å²) in [7, 11) is 4.24. The van der Waals surface area contributed by atoms with Gasteiger partial charge in [-0.1, -0.05) is 13.8 Å². The van der Waals surface area contributed by atoms with Crippen LogP contribution in [0.3, 0.4) is 0 Å². The van der Waals surface area contributed by atoms with E-state index < -0.39 is 0 Å². The summed E-state index contributed by atoms with van der Waals surface area (Å²) in [6.07, 6.45) is 0. The van der Waals surface area contributed by atoms with Crippen LogP contribution in [-0.2, 0) is 0 Å². The highest BCUT2D eigenvalue weighted by Crippen LogP contribution is 1.95. The zero-order valence-electron chi connectivity index (χ0n) is 8.30. The molecule has 0 aliphatic heterocycles. The number of nitrogens with zero attached hydrogens (tertiary/aromatic N) is 2. The molecule has 0 heterocycles. The third-order valence-corrected chi connectivity index (χ3v) is 2.18. The fourth-order valence-electron chi connectivity index (χ4n) is 0.886. The van der Waals surface area contributed by atoms with Gasteiger partial charge in [0.15, 0.2) is 0 Å². The maximum absolute atomic E-state index is 4.08. The highest BCUT2D eigenvalue weighted by atomic mass is 15.2. The average molecular weight is 157 g/mol. The van der Waals surface area contributed by atoms with E-state index in [2.05, 4.69) is 44.7 Å². The molecule has 11 heavy (non-hydrogen) atoms. The lowest BCUT2D eigenvalue weighted by atomic mass is 10.3. The maximum Gasteiger partial charge on any atom is 0.0220 e. The fourth-order valence-corrected chi connectivity index (χ4v) is 0.886. The van der Waals surface area contributed by atoms with Crippen LogP contribution < -0.4 is 0 Å². The van der Waals surface area contributed by atoms with Gasteiger partial charge in [-0.2, -0.15) is 0 Å². The fraction of sp³-hybridized carbons (Fsp3) is 0.889. The standard InChI is InChI=1S/C9H21N2/c1-6-10(4)8-9(3)11(5)7-2/h9H,3,6-8H2,1-2,4-5H3. The highest BCUT2D eigenvalue weighted by Gasteiger charge is 2.08. The van der Waals surface area contributed by atoms with Gasteiger partial charge < -0.3 is 9.80 Å². The van der Waals surface area contributed by atoms with E-state index >= 15 is 0 Å². The molecular formula is C9H21N2. The zero-order valence-corrected chi connectivity index (χ0v) is 8.30. The largest absolute Gasteiger partial charge is 0.305 e. The van der Waals surface area contributed by atoms with Crippen molar-refractivity contribution in [3.63, 3.8) is 0 Å². The van der Waals surface area contributed by atoms with Crippen LogP contribution in [0.15, 0.2) is 0 Å². The van der Waals surface area contributed by atoms with Crippen LogP contribution >= 0.6 is 0 Å². The summed E-state index contributed by atoms with van der Waals surface area (Å²) in [5.41, 5.74) is 0. The van der Waals surface area contributed by atoms with E-state index in [1.807, 2.05) is 0 Å². The van der Waals surface area contributed by atoms with E-state index in [1.165, 1.54) is 0 Å². The molecule has 0 aromatic rings. The number of hydrogen-bond donors (Lipinski definition) is 0. The molecular weight excluding hydrogens is 136 g/mol. The molecule has 1 atom stereocenters. The molecule has 0 aliphatic rings. The molecule has 0 amide bonds. The first-order valence-electron chi connectivity index (χ1n) is 4.33. The number of likely N-dealkylation sites (N-methyl/N-ethyl adjacent to an activating group) is 2. The molecule has 0 aromatic heterocycles. The summed E-state index contributed by atoms with van der Waals surface area (Å²) in [6, 6.07) is 0.421. The Bertz CT molecular complexity index is 93.6. The van der Waals surface area contributed by atoms with Crippen molar-refractivity contribution in [2.45, 2.75) is 19.9 Å². The SMILES string of the molecule is [CH2]C(CN(C)CC)N(C)CC. The molecule has 0 spiro atoms. The van der Waals surface area contributed by atoms with Crippen LogP contribution in [0.25, 0.3) is 0 Å². The van der Waals surface area contributed by atoms with Crippen molar-refractivity contribution >= 4 is 0 Å². The van der Waals surface area contributed by atoms with Gasteiger partial charge in [0, 0.05) is 12.6 Å². The van der Waals surface area contributed by atoms with Gasteiger partial charge >= 0.3 is 0 Å². The highest BCUT2D eigenvalue weighted by molar-refractivity contribution is 4.72. The Balaban J connectivity index is 3.58. The molecule has 2 nitrogen and oxygen atoms in total. The molecule has 0 saturated heterocycles. The zero-order chi connectivity index (χ0) is 8.85. The van der Waals surface area contributed by atoms with Crippen molar-refractivity contribution in [2.75, 3.05) is 33.7 Å². The minimum atomic E-state index is 0.421. The molecule has 0 bridgehead atoms. The van der Waals surface area contributed by atoms with E-state index in [4.69, 9.17) is 0 Å². The van der Waals surface area contributed by atoms with E-state index in [9.17, 15) is 0 Å². The van der Waals surface area contributed by atoms with Crippen LogP contribution in [-0.4, -0.2) is 49.6 Å². The van der Waals surface area contributed by atoms with Gasteiger partial charge in [0.05, 0.1) is 0 Å². The quantitative estimate of drug-likeness (QED) is 0.589. The molecule has 0 aliphatic carbocycles. The lowest BCUT2D eigenvalue weighted by Crippen LogP contribution is -2.38. The lowest BCUT2D eigenvalue weighted by Gasteiger charge is -2.26. The van der Waals surface area contributed by atoms with Crippen molar-refractivity contribution in [2.24, 2.45) is 0 Å². The monoisotopic (exact) mass is 157 g/mol. The molecule has 67 valence electrons. The third-order valence-electron chi connectivity index (χ3n) is 2.18. The van der Waals surface area contributed by atoms with E-state index in [1.54, 1.807) is 0 Å². The van der Waals surface area contributed by atoms with Gasteiger partial charge in [-0.15, -0.1) is 0 Å². The molecule has 0 aromatic carbocycles. The summed E-state index contributed by atoms with van der Waals surface area (Å²) in [6.45, 7) is 11.6. The molecule has 1 radical (unpaired) electrons. The Kier molecular flexibility index (Phi) is 5.51. The Labute approximate surface area is 71.2 Å². The van der Waals surface area contributed by atoms with Crippen LogP contribution in [0.2, 0.25) is 0 Å². The van der Waals surface area contributed by atoms with Gasteiger partial charge in [0.2, 0.25) is 0 Å². The summed E-state index contributed by atoms with van der Waals surface area (Å²) in [4.78, 5) is 4.54.